The molecule has 1 aliphatic heterocycles. The topological polar surface area (TPSA) is 46.6 Å². The molecule has 0 spiro atoms. The Balaban J connectivity index is 2.11. The number of rotatable bonds is 2. The van der Waals surface area contributed by atoms with Crippen LogP contribution < -0.4 is 0 Å². The Bertz CT molecular complexity index is 502. The summed E-state index contributed by atoms with van der Waals surface area (Å²) >= 11 is 0. The molecule has 0 radical (unpaired) electrons. The van der Waals surface area contributed by atoms with E-state index in [2.05, 4.69) is 4.28 Å². The van der Waals surface area contributed by atoms with E-state index in [1.165, 1.54) is 0 Å². The maximum atomic E-state index is 12.1. The molecule has 1 aliphatic rings. The molecular formula is C9H8F3NO3S. The zero-order chi connectivity index (χ0) is 12.7. The molecule has 0 amide bonds. The molecule has 0 unspecified atom stereocenters. The lowest BCUT2D eigenvalue weighted by Gasteiger charge is -2.15. The van der Waals surface area contributed by atoms with Gasteiger partial charge in [0.25, 0.3) is 0 Å². The van der Waals surface area contributed by atoms with Crippen molar-refractivity contribution in [1.82, 2.24) is 5.06 Å². The van der Waals surface area contributed by atoms with Crippen LogP contribution in [0.25, 0.3) is 0 Å². The second-order valence-corrected chi connectivity index (χ2v) is 5.06. The van der Waals surface area contributed by atoms with Gasteiger partial charge in [0.1, 0.15) is 0 Å². The average Bonchev–Trinajstić information content (AvgIpc) is 2.56. The number of alkyl halides is 3. The van der Waals surface area contributed by atoms with Crippen LogP contribution >= 0.6 is 0 Å². The number of hydroxylamine groups is 2. The lowest BCUT2D eigenvalue weighted by atomic mass is 10.1. The summed E-state index contributed by atoms with van der Waals surface area (Å²) in [7, 11) is -5.57. The van der Waals surface area contributed by atoms with Crippen LogP contribution in [0.1, 0.15) is 11.1 Å². The maximum Gasteiger partial charge on any atom is 0.524 e. The van der Waals surface area contributed by atoms with E-state index in [1.54, 1.807) is 24.3 Å². The van der Waals surface area contributed by atoms with Crippen molar-refractivity contribution < 1.29 is 25.9 Å². The van der Waals surface area contributed by atoms with Crippen LogP contribution in [0.15, 0.2) is 24.3 Å². The number of nitrogens with zero attached hydrogens (tertiary/aromatic N) is 1. The van der Waals surface area contributed by atoms with E-state index in [4.69, 9.17) is 0 Å². The smallest absolute Gasteiger partial charge is 0.188 e. The van der Waals surface area contributed by atoms with Crippen molar-refractivity contribution in [2.24, 2.45) is 0 Å². The van der Waals surface area contributed by atoms with E-state index < -0.39 is 15.6 Å². The Morgan fingerprint density at radius 3 is 2.00 bits per heavy atom. The van der Waals surface area contributed by atoms with Crippen molar-refractivity contribution in [2.45, 2.75) is 18.6 Å². The highest BCUT2D eigenvalue weighted by Gasteiger charge is 2.49. The predicted molar refractivity (Wildman–Crippen MR) is 51.7 cm³/mol. The fourth-order valence-electron chi connectivity index (χ4n) is 1.54. The molecule has 0 fully saturated rings. The minimum absolute atomic E-state index is 0.0193. The van der Waals surface area contributed by atoms with Gasteiger partial charge in [0.05, 0.1) is 13.1 Å². The minimum atomic E-state index is -5.57. The molecule has 0 aromatic heterocycles. The Hall–Kier alpha value is -1.12. The molecule has 1 aromatic rings. The van der Waals surface area contributed by atoms with Crippen LogP contribution in [-0.2, 0) is 27.5 Å². The van der Waals surface area contributed by atoms with Gasteiger partial charge in [-0.25, -0.2) is 0 Å². The zero-order valence-electron chi connectivity index (χ0n) is 8.44. The molecule has 4 nitrogen and oxygen atoms in total. The summed E-state index contributed by atoms with van der Waals surface area (Å²) in [5.74, 6) is 0. The molecule has 1 heterocycles. The van der Waals surface area contributed by atoms with Gasteiger partial charge in [-0.15, -0.1) is 0 Å². The molecular weight excluding hydrogens is 259 g/mol. The standard InChI is InChI=1S/C9H8F3NO3S/c10-9(11,12)17(14,15)16-13-5-7-3-1-2-4-8(7)6-13/h1-4H,5-6H2. The summed E-state index contributed by atoms with van der Waals surface area (Å²) in [6.45, 7) is 0.0387. The average molecular weight is 267 g/mol. The van der Waals surface area contributed by atoms with E-state index in [0.29, 0.717) is 0 Å². The Labute approximate surface area is 95.7 Å². The van der Waals surface area contributed by atoms with Gasteiger partial charge < -0.3 is 0 Å². The molecule has 17 heavy (non-hydrogen) atoms. The van der Waals surface area contributed by atoms with Gasteiger partial charge in [0, 0.05) is 0 Å². The van der Waals surface area contributed by atoms with E-state index in [-0.39, 0.29) is 13.1 Å². The summed E-state index contributed by atoms with van der Waals surface area (Å²) in [5, 5.41) is 0.771. The lowest BCUT2D eigenvalue weighted by Crippen LogP contribution is -2.32. The molecule has 0 N–H and O–H groups in total. The van der Waals surface area contributed by atoms with Crippen molar-refractivity contribution in [1.29, 1.82) is 0 Å². The molecule has 0 aliphatic carbocycles. The number of hydrogen-bond acceptors (Lipinski definition) is 4. The van der Waals surface area contributed by atoms with Gasteiger partial charge in [0.2, 0.25) is 0 Å². The molecule has 8 heteroatoms. The first-order valence-electron chi connectivity index (χ1n) is 4.62. The maximum absolute atomic E-state index is 12.1. The van der Waals surface area contributed by atoms with Gasteiger partial charge in [-0.2, -0.15) is 30.9 Å². The largest absolute Gasteiger partial charge is 0.524 e. The third-order valence-electron chi connectivity index (χ3n) is 2.30. The normalized spacial score (nSPS) is 17.1. The van der Waals surface area contributed by atoms with E-state index in [9.17, 15) is 21.6 Å². The first kappa shape index (κ1) is 12.3. The molecule has 2 rings (SSSR count). The van der Waals surface area contributed by atoms with Gasteiger partial charge >= 0.3 is 15.6 Å². The predicted octanol–water partition coefficient (Wildman–Crippen LogP) is 1.78. The monoisotopic (exact) mass is 267 g/mol. The highest BCUT2D eigenvalue weighted by atomic mass is 32.2. The Kier molecular flexibility index (Phi) is 2.88. The summed E-state index contributed by atoms with van der Waals surface area (Å²) in [4.78, 5) is 0. The third-order valence-corrected chi connectivity index (χ3v) is 3.27. The van der Waals surface area contributed by atoms with Crippen LogP contribution in [0.4, 0.5) is 13.2 Å². The lowest BCUT2D eigenvalue weighted by molar-refractivity contribution is -0.105. The second-order valence-electron chi connectivity index (χ2n) is 3.54. The van der Waals surface area contributed by atoms with Crippen LogP contribution in [0, 0.1) is 0 Å². The highest BCUT2D eigenvalue weighted by molar-refractivity contribution is 7.87. The van der Waals surface area contributed by atoms with Crippen molar-refractivity contribution >= 4 is 10.1 Å². The first-order chi connectivity index (χ1) is 7.79. The fourth-order valence-corrected chi connectivity index (χ4v) is 2.00. The Morgan fingerprint density at radius 2 is 1.59 bits per heavy atom. The van der Waals surface area contributed by atoms with E-state index >= 15 is 0 Å². The first-order valence-corrected chi connectivity index (χ1v) is 6.03. The van der Waals surface area contributed by atoms with Crippen molar-refractivity contribution in [3.05, 3.63) is 35.4 Å². The summed E-state index contributed by atoms with van der Waals surface area (Å²) < 4.78 is 61.8. The van der Waals surface area contributed by atoms with Crippen LogP contribution in [0.2, 0.25) is 0 Å². The molecule has 0 bridgehead atoms. The molecule has 0 saturated heterocycles. The number of benzene rings is 1. The van der Waals surface area contributed by atoms with Crippen molar-refractivity contribution in [3.8, 4) is 0 Å². The van der Waals surface area contributed by atoms with Gasteiger partial charge in [-0.1, -0.05) is 24.3 Å². The summed E-state index contributed by atoms with van der Waals surface area (Å²) in [6, 6.07) is 6.86. The van der Waals surface area contributed by atoms with Crippen LogP contribution in [-0.4, -0.2) is 19.0 Å². The Morgan fingerprint density at radius 1 is 1.12 bits per heavy atom. The fraction of sp³-hybridized carbons (Fsp3) is 0.333. The summed E-state index contributed by atoms with van der Waals surface area (Å²) in [6.07, 6.45) is 0. The van der Waals surface area contributed by atoms with Gasteiger partial charge in [-0.3, -0.25) is 0 Å². The number of halogens is 3. The molecule has 94 valence electrons. The van der Waals surface area contributed by atoms with Crippen LogP contribution in [0.5, 0.6) is 0 Å². The second kappa shape index (κ2) is 3.97. The highest BCUT2D eigenvalue weighted by Crippen LogP contribution is 2.29. The quantitative estimate of drug-likeness (QED) is 0.766. The number of fused-ring (bicyclic) bond motifs is 1. The number of hydrogen-bond donors (Lipinski definition) is 0. The zero-order valence-corrected chi connectivity index (χ0v) is 9.25. The SMILES string of the molecule is O=S(=O)(ON1Cc2ccccc2C1)C(F)(F)F. The molecule has 0 atom stereocenters. The van der Waals surface area contributed by atoms with Gasteiger partial charge in [0.15, 0.2) is 0 Å². The van der Waals surface area contributed by atoms with E-state index in [1.807, 2.05) is 0 Å². The van der Waals surface area contributed by atoms with Crippen LogP contribution in [0.3, 0.4) is 0 Å². The van der Waals surface area contributed by atoms with E-state index in [0.717, 1.165) is 16.2 Å². The minimum Gasteiger partial charge on any atom is -0.188 e. The van der Waals surface area contributed by atoms with Crippen molar-refractivity contribution in [3.63, 3.8) is 0 Å². The molecule has 1 aromatic carbocycles. The molecule has 0 saturated carbocycles. The van der Waals surface area contributed by atoms with Crippen molar-refractivity contribution in [2.75, 3.05) is 0 Å². The third kappa shape index (κ3) is 2.43. The van der Waals surface area contributed by atoms with Gasteiger partial charge in [-0.05, 0) is 11.1 Å². The summed E-state index contributed by atoms with van der Waals surface area (Å²) in [5.41, 5.74) is -3.89.